The number of Topliss-reactive ketones (excluding diaryl/α,β-unsaturated/α-hetero) is 1. The predicted octanol–water partition coefficient (Wildman–Crippen LogP) is 6.84. The van der Waals surface area contributed by atoms with E-state index in [1.165, 1.54) is 24.3 Å². The van der Waals surface area contributed by atoms with Crippen LogP contribution in [0.1, 0.15) is 40.7 Å². The quantitative estimate of drug-likeness (QED) is 0.235. The zero-order valence-electron chi connectivity index (χ0n) is 18.8. The lowest BCUT2D eigenvalue weighted by Gasteiger charge is -2.10. The highest BCUT2D eigenvalue weighted by molar-refractivity contribution is 6.30. The van der Waals surface area contributed by atoms with Gasteiger partial charge in [-0.15, -0.1) is 13.2 Å². The number of carbonyl (C=O) groups is 1. The number of nitrogens with zero attached hydrogens (tertiary/aromatic N) is 2. The number of ketones is 1. The molecule has 2 aromatic heterocycles. The molecule has 0 bridgehead atoms. The van der Waals surface area contributed by atoms with E-state index < -0.39 is 6.36 Å². The van der Waals surface area contributed by atoms with E-state index >= 15 is 0 Å². The molecular weight excluding hydrogens is 481 g/mol. The molecule has 4 rings (SSSR count). The Hall–Kier alpha value is -3.52. The molecule has 35 heavy (non-hydrogen) atoms. The van der Waals surface area contributed by atoms with Crippen LogP contribution in [-0.2, 0) is 19.4 Å². The standard InChI is InChI=1S/C26H22ClF3N2O3/c1-2-22-25(32-15-19(27)8-14-24(32)31-22)23(33)13-7-17-3-9-20(10-4-17)34-16-18-5-11-21(12-6-18)35-26(28,29)30/h3-6,8-12,14-15H,2,7,13,16H2,1H3. The second-order valence-corrected chi connectivity index (χ2v) is 8.32. The Morgan fingerprint density at radius 3 is 2.29 bits per heavy atom. The highest BCUT2D eigenvalue weighted by atomic mass is 35.5. The first-order valence-electron chi connectivity index (χ1n) is 11.0. The molecule has 0 radical (unpaired) electrons. The number of ether oxygens (including phenoxy) is 2. The van der Waals surface area contributed by atoms with Crippen LogP contribution in [-0.4, -0.2) is 21.5 Å². The molecule has 182 valence electrons. The number of fused-ring (bicyclic) bond motifs is 1. The van der Waals surface area contributed by atoms with Gasteiger partial charge in [0.05, 0.1) is 10.7 Å². The number of rotatable bonds is 9. The van der Waals surface area contributed by atoms with Gasteiger partial charge in [-0.05, 0) is 60.4 Å². The molecule has 0 amide bonds. The Balaban J connectivity index is 1.33. The Morgan fingerprint density at radius 1 is 0.971 bits per heavy atom. The fourth-order valence-corrected chi connectivity index (χ4v) is 3.85. The predicted molar refractivity (Wildman–Crippen MR) is 126 cm³/mol. The molecule has 0 aliphatic carbocycles. The molecule has 0 saturated heterocycles. The van der Waals surface area contributed by atoms with E-state index in [1.54, 1.807) is 34.9 Å². The number of aryl methyl sites for hydroxylation is 2. The van der Waals surface area contributed by atoms with Crippen molar-refractivity contribution in [2.75, 3.05) is 0 Å². The molecule has 0 unspecified atom stereocenters. The fraction of sp³-hybridized carbons (Fsp3) is 0.231. The van der Waals surface area contributed by atoms with Crippen LogP contribution >= 0.6 is 11.6 Å². The maximum absolute atomic E-state index is 13.0. The zero-order chi connectivity index (χ0) is 25.0. The summed E-state index contributed by atoms with van der Waals surface area (Å²) in [4.78, 5) is 17.5. The average Bonchev–Trinajstić information content (AvgIpc) is 3.19. The van der Waals surface area contributed by atoms with Crippen molar-refractivity contribution in [3.05, 3.63) is 94.4 Å². The molecule has 4 aromatic rings. The second-order valence-electron chi connectivity index (χ2n) is 7.88. The van der Waals surface area contributed by atoms with E-state index in [2.05, 4.69) is 9.72 Å². The minimum absolute atomic E-state index is 0.00473. The number of imidazole rings is 1. The first kappa shape index (κ1) is 24.6. The topological polar surface area (TPSA) is 52.8 Å². The third kappa shape index (κ3) is 6.33. The highest BCUT2D eigenvalue weighted by Gasteiger charge is 2.30. The number of hydrogen-bond donors (Lipinski definition) is 0. The van der Waals surface area contributed by atoms with Crippen LogP contribution in [0, 0.1) is 0 Å². The maximum atomic E-state index is 13.0. The molecule has 0 aliphatic heterocycles. The van der Waals surface area contributed by atoms with Crippen molar-refractivity contribution < 1.29 is 27.4 Å². The van der Waals surface area contributed by atoms with Crippen LogP contribution in [0.25, 0.3) is 5.65 Å². The molecule has 2 heterocycles. The van der Waals surface area contributed by atoms with Crippen molar-refractivity contribution in [2.24, 2.45) is 0 Å². The Kier molecular flexibility index (Phi) is 7.31. The van der Waals surface area contributed by atoms with Gasteiger partial charge in [0.2, 0.25) is 0 Å². The van der Waals surface area contributed by atoms with E-state index in [9.17, 15) is 18.0 Å². The minimum atomic E-state index is -4.72. The molecule has 2 aromatic carbocycles. The van der Waals surface area contributed by atoms with E-state index in [0.29, 0.717) is 46.9 Å². The number of halogens is 4. The van der Waals surface area contributed by atoms with Crippen LogP contribution in [0.15, 0.2) is 66.9 Å². The van der Waals surface area contributed by atoms with Crippen molar-refractivity contribution in [1.29, 1.82) is 0 Å². The molecule has 0 N–H and O–H groups in total. The van der Waals surface area contributed by atoms with Crippen molar-refractivity contribution in [3.8, 4) is 11.5 Å². The van der Waals surface area contributed by atoms with Gasteiger partial charge in [0.25, 0.3) is 0 Å². The normalized spacial score (nSPS) is 11.6. The summed E-state index contributed by atoms with van der Waals surface area (Å²) in [6.45, 7) is 2.16. The monoisotopic (exact) mass is 502 g/mol. The molecule has 0 saturated carbocycles. The number of hydrogen-bond acceptors (Lipinski definition) is 4. The summed E-state index contributed by atoms with van der Waals surface area (Å²) < 4.78 is 48.1. The van der Waals surface area contributed by atoms with Gasteiger partial charge in [0, 0.05) is 12.6 Å². The number of pyridine rings is 1. The molecule has 0 aliphatic rings. The fourth-order valence-electron chi connectivity index (χ4n) is 3.69. The van der Waals surface area contributed by atoms with Crippen molar-refractivity contribution in [3.63, 3.8) is 0 Å². The maximum Gasteiger partial charge on any atom is 0.573 e. The Morgan fingerprint density at radius 2 is 1.63 bits per heavy atom. The number of benzene rings is 2. The lowest BCUT2D eigenvalue weighted by Crippen LogP contribution is -2.17. The Bertz CT molecular complexity index is 1320. The van der Waals surface area contributed by atoms with Gasteiger partial charge in [-0.25, -0.2) is 4.98 Å². The summed E-state index contributed by atoms with van der Waals surface area (Å²) in [6, 6.07) is 16.4. The summed E-state index contributed by atoms with van der Waals surface area (Å²) in [7, 11) is 0. The zero-order valence-corrected chi connectivity index (χ0v) is 19.6. The van der Waals surface area contributed by atoms with Crippen LogP contribution < -0.4 is 9.47 Å². The van der Waals surface area contributed by atoms with Crippen molar-refractivity contribution in [1.82, 2.24) is 9.38 Å². The van der Waals surface area contributed by atoms with Gasteiger partial charge >= 0.3 is 6.36 Å². The van der Waals surface area contributed by atoms with Crippen LogP contribution in [0.5, 0.6) is 11.5 Å². The summed E-state index contributed by atoms with van der Waals surface area (Å²) in [5.74, 6) is 0.327. The van der Waals surface area contributed by atoms with Gasteiger partial charge in [-0.1, -0.05) is 42.8 Å². The smallest absolute Gasteiger partial charge is 0.489 e. The van der Waals surface area contributed by atoms with E-state index in [4.69, 9.17) is 16.3 Å². The third-order valence-electron chi connectivity index (χ3n) is 5.38. The van der Waals surface area contributed by atoms with Crippen LogP contribution in [0.4, 0.5) is 13.2 Å². The van der Waals surface area contributed by atoms with Crippen molar-refractivity contribution >= 4 is 23.0 Å². The molecule has 0 atom stereocenters. The van der Waals surface area contributed by atoms with Gasteiger partial charge in [0.15, 0.2) is 5.78 Å². The van der Waals surface area contributed by atoms with Crippen LogP contribution in [0.3, 0.4) is 0 Å². The SMILES string of the molecule is CCc1nc2ccc(Cl)cn2c1C(=O)CCc1ccc(OCc2ccc(OC(F)(F)F)cc2)cc1. The summed E-state index contributed by atoms with van der Waals surface area (Å²) in [5.41, 5.74) is 3.69. The lowest BCUT2D eigenvalue weighted by molar-refractivity contribution is -0.274. The number of carbonyl (C=O) groups excluding carboxylic acids is 1. The highest BCUT2D eigenvalue weighted by Crippen LogP contribution is 2.24. The van der Waals surface area contributed by atoms with Gasteiger partial charge in [-0.3, -0.25) is 9.20 Å². The largest absolute Gasteiger partial charge is 0.573 e. The molecule has 0 spiro atoms. The summed E-state index contributed by atoms with van der Waals surface area (Å²) in [5, 5.41) is 0.535. The van der Waals surface area contributed by atoms with E-state index in [1.807, 2.05) is 19.1 Å². The summed E-state index contributed by atoms with van der Waals surface area (Å²) >= 11 is 6.11. The first-order valence-corrected chi connectivity index (χ1v) is 11.4. The molecule has 5 nitrogen and oxygen atoms in total. The average molecular weight is 503 g/mol. The van der Waals surface area contributed by atoms with E-state index in [0.717, 1.165) is 11.3 Å². The molecule has 9 heteroatoms. The first-order chi connectivity index (χ1) is 16.7. The van der Waals surface area contributed by atoms with Gasteiger partial charge in [-0.2, -0.15) is 0 Å². The molecule has 0 fully saturated rings. The third-order valence-corrected chi connectivity index (χ3v) is 5.60. The van der Waals surface area contributed by atoms with Gasteiger partial charge in [0.1, 0.15) is 29.4 Å². The number of aromatic nitrogens is 2. The number of alkyl halides is 3. The van der Waals surface area contributed by atoms with E-state index in [-0.39, 0.29) is 18.1 Å². The molecular formula is C26H22ClF3N2O3. The van der Waals surface area contributed by atoms with Crippen LogP contribution in [0.2, 0.25) is 5.02 Å². The summed E-state index contributed by atoms with van der Waals surface area (Å²) in [6.07, 6.45) is -1.50. The Labute approximate surface area is 205 Å². The van der Waals surface area contributed by atoms with Crippen molar-refractivity contribution in [2.45, 2.75) is 39.2 Å². The second kappa shape index (κ2) is 10.4. The lowest BCUT2D eigenvalue weighted by atomic mass is 10.0. The minimum Gasteiger partial charge on any atom is -0.489 e. The van der Waals surface area contributed by atoms with Gasteiger partial charge < -0.3 is 9.47 Å².